The second-order valence-corrected chi connectivity index (χ2v) is 9.58. The topological polar surface area (TPSA) is 75.3 Å². The first-order valence-corrected chi connectivity index (χ1v) is 15.5. The summed E-state index contributed by atoms with van der Waals surface area (Å²) in [6.07, 6.45) is 4.68. The molecule has 2 N–H and O–H groups in total. The molecule has 242 valence electrons. The zero-order valence-corrected chi connectivity index (χ0v) is 28.8. The third kappa shape index (κ3) is 20.1. The molecule has 0 saturated heterocycles. The van der Waals surface area contributed by atoms with E-state index in [1.54, 1.807) is 25.1 Å². The van der Waals surface area contributed by atoms with Crippen molar-refractivity contribution in [3.8, 4) is 0 Å². The lowest BCUT2D eigenvalue weighted by Gasteiger charge is -2.18. The Balaban J connectivity index is -0.000000820. The number of allylic oxidation sites excluding steroid dienone is 1. The Morgan fingerprint density at radius 1 is 1.00 bits per heavy atom. The third-order valence-corrected chi connectivity index (χ3v) is 6.13. The number of ketones is 2. The van der Waals surface area contributed by atoms with Gasteiger partial charge in [-0.25, -0.2) is 4.39 Å². The summed E-state index contributed by atoms with van der Waals surface area (Å²) >= 11 is 0. The van der Waals surface area contributed by atoms with Crippen LogP contribution in [0.5, 0.6) is 0 Å². The van der Waals surface area contributed by atoms with Crippen LogP contribution in [0.25, 0.3) is 0 Å². The lowest BCUT2D eigenvalue weighted by atomic mass is 9.97. The molecule has 2 rings (SSSR count). The molecule has 1 amide bonds. The molecule has 43 heavy (non-hydrogen) atoms. The summed E-state index contributed by atoms with van der Waals surface area (Å²) in [5, 5.41) is 5.90. The number of carbonyl (C=O) groups excluding carboxylic acids is 3. The Hall–Kier alpha value is -3.54. The fourth-order valence-electron chi connectivity index (χ4n) is 3.40. The molecule has 0 fully saturated rings. The second-order valence-electron chi connectivity index (χ2n) is 9.58. The van der Waals surface area contributed by atoms with E-state index in [2.05, 4.69) is 29.9 Å². The van der Waals surface area contributed by atoms with Crippen LogP contribution in [0.2, 0.25) is 0 Å². The molecule has 0 radical (unpaired) electrons. The number of rotatable bonds is 12. The number of anilines is 1. The number of benzene rings is 2. The molecule has 2 aromatic carbocycles. The Morgan fingerprint density at radius 2 is 1.56 bits per heavy atom. The van der Waals surface area contributed by atoms with Gasteiger partial charge in [-0.1, -0.05) is 91.5 Å². The third-order valence-electron chi connectivity index (χ3n) is 6.13. The van der Waals surface area contributed by atoms with Crippen LogP contribution in [0.1, 0.15) is 98.8 Å². The highest BCUT2D eigenvalue weighted by Crippen LogP contribution is 2.18. The Labute approximate surface area is 262 Å². The zero-order chi connectivity index (χ0) is 34.0. The van der Waals surface area contributed by atoms with Gasteiger partial charge in [-0.2, -0.15) is 0 Å². The van der Waals surface area contributed by atoms with Crippen LogP contribution in [-0.4, -0.2) is 30.1 Å². The Morgan fingerprint density at radius 3 is 1.98 bits per heavy atom. The van der Waals surface area contributed by atoms with Crippen LogP contribution in [0.3, 0.4) is 0 Å². The predicted octanol–water partition coefficient (Wildman–Crippen LogP) is 9.24. The molecule has 0 aromatic heterocycles. The van der Waals surface area contributed by atoms with Crippen molar-refractivity contribution in [1.82, 2.24) is 5.32 Å². The minimum atomic E-state index is -0.610. The molecule has 0 aliphatic heterocycles. The predicted molar refractivity (Wildman–Crippen MR) is 184 cm³/mol. The average molecular weight is 599 g/mol. The highest BCUT2D eigenvalue weighted by atomic mass is 19.1. The summed E-state index contributed by atoms with van der Waals surface area (Å²) in [5.41, 5.74) is 4.22. The molecule has 6 heteroatoms. The van der Waals surface area contributed by atoms with Crippen molar-refractivity contribution in [2.45, 2.75) is 108 Å². The van der Waals surface area contributed by atoms with Crippen LogP contribution in [0.15, 0.2) is 67.3 Å². The van der Waals surface area contributed by atoms with Gasteiger partial charge in [0, 0.05) is 30.1 Å². The summed E-state index contributed by atoms with van der Waals surface area (Å²) in [7, 11) is 0. The Bertz CT molecular complexity index is 1100. The number of hydrogen-bond donors (Lipinski definition) is 2. The van der Waals surface area contributed by atoms with Gasteiger partial charge in [0.1, 0.15) is 17.6 Å². The van der Waals surface area contributed by atoms with Crippen LogP contribution in [0, 0.1) is 18.7 Å². The maximum absolute atomic E-state index is 12.6. The van der Waals surface area contributed by atoms with Gasteiger partial charge in [-0.15, -0.1) is 6.58 Å². The first kappa shape index (κ1) is 43.9. The van der Waals surface area contributed by atoms with Crippen molar-refractivity contribution in [1.29, 1.82) is 0 Å². The molecule has 0 spiro atoms. The Kier molecular flexibility index (Phi) is 27.9. The molecule has 0 saturated carbocycles. The largest absolute Gasteiger partial charge is 0.382 e. The van der Waals surface area contributed by atoms with Gasteiger partial charge >= 0.3 is 0 Å². The second kappa shape index (κ2) is 27.3. The van der Waals surface area contributed by atoms with E-state index in [0.717, 1.165) is 41.6 Å². The van der Waals surface area contributed by atoms with E-state index in [4.69, 9.17) is 0 Å². The average Bonchev–Trinajstić information content (AvgIpc) is 3.00. The van der Waals surface area contributed by atoms with E-state index < -0.39 is 6.04 Å². The van der Waals surface area contributed by atoms with Crippen LogP contribution >= 0.6 is 0 Å². The normalized spacial score (nSPS) is 10.6. The van der Waals surface area contributed by atoms with Gasteiger partial charge in [0.05, 0.1) is 0 Å². The van der Waals surface area contributed by atoms with Gasteiger partial charge in [0.25, 0.3) is 0 Å². The van der Waals surface area contributed by atoms with Crippen LogP contribution in [0.4, 0.5) is 10.1 Å². The van der Waals surface area contributed by atoms with E-state index >= 15 is 0 Å². The van der Waals surface area contributed by atoms with E-state index in [-0.39, 0.29) is 23.4 Å². The standard InChI is InChI=1S/C22H32N2O3.C8H9F.C3H6.2C2H6/c1-7-15(4)21(26)11-9-18-8-10-19(16(5)12-18)23-13-20(17(6)25)24-22(27)14(2)3;1-2-7-5-3-4-6-8(7)9;1-3-2;2*1-2/h8,10,12,15,20,23H,2,7,9,11,13H2,1,3-6H3,(H,24,27);3-6H,2H2,1H3;3H,1H2,2H3;2*1-2H3/t15?,20-;;;;/m0..../s1. The fourth-order valence-corrected chi connectivity index (χ4v) is 3.40. The first-order chi connectivity index (χ1) is 20.4. The quantitative estimate of drug-likeness (QED) is 0.189. The number of amides is 1. The number of carbonyl (C=O) groups is 3. The van der Waals surface area contributed by atoms with E-state index in [1.807, 2.05) is 80.5 Å². The summed E-state index contributed by atoms with van der Waals surface area (Å²) in [5.74, 6) is -0.121. The van der Waals surface area contributed by atoms with Crippen molar-refractivity contribution in [3.63, 3.8) is 0 Å². The number of Topliss-reactive ketones (excluding diaryl/α,β-unsaturated/α-hetero) is 2. The highest BCUT2D eigenvalue weighted by Gasteiger charge is 2.17. The minimum Gasteiger partial charge on any atom is -0.382 e. The molecule has 0 aliphatic carbocycles. The van der Waals surface area contributed by atoms with Crippen molar-refractivity contribution >= 4 is 23.2 Å². The van der Waals surface area contributed by atoms with Crippen molar-refractivity contribution < 1.29 is 18.8 Å². The van der Waals surface area contributed by atoms with E-state index in [1.165, 1.54) is 13.0 Å². The van der Waals surface area contributed by atoms with Gasteiger partial charge < -0.3 is 10.6 Å². The fraction of sp³-hybridized carbons (Fsp3) is 0.486. The monoisotopic (exact) mass is 598 g/mol. The van der Waals surface area contributed by atoms with E-state index in [9.17, 15) is 18.8 Å². The smallest absolute Gasteiger partial charge is 0.246 e. The SMILES string of the molecule is C=C(C)C(=O)N[C@@H](CNc1ccc(CCC(=O)C(C)CC)cc1C)C(C)=O.C=CC.CC.CC.CCc1ccccc1F. The van der Waals surface area contributed by atoms with Crippen molar-refractivity contribution in [3.05, 3.63) is 89.8 Å². The molecular formula is C37H59FN2O3. The van der Waals surface area contributed by atoms with Gasteiger partial charge in [-0.05, 0) is 75.8 Å². The summed E-state index contributed by atoms with van der Waals surface area (Å²) < 4.78 is 12.6. The molecular weight excluding hydrogens is 539 g/mol. The van der Waals surface area contributed by atoms with Crippen molar-refractivity contribution in [2.75, 3.05) is 11.9 Å². The summed E-state index contributed by atoms with van der Waals surface area (Å²) in [6.45, 7) is 28.1. The van der Waals surface area contributed by atoms with Gasteiger partial charge in [-0.3, -0.25) is 14.4 Å². The lowest BCUT2D eigenvalue weighted by Crippen LogP contribution is -2.44. The molecule has 2 aromatic rings. The number of aryl methyl sites for hydroxylation is 3. The molecule has 0 heterocycles. The number of hydrogen-bond acceptors (Lipinski definition) is 4. The van der Waals surface area contributed by atoms with E-state index in [0.29, 0.717) is 24.3 Å². The zero-order valence-electron chi connectivity index (χ0n) is 28.8. The molecule has 2 atom stereocenters. The van der Waals surface area contributed by atoms with Gasteiger partial charge in [0.15, 0.2) is 5.78 Å². The molecule has 0 aliphatic rings. The number of halogens is 1. The molecule has 0 bridgehead atoms. The van der Waals surface area contributed by atoms with Gasteiger partial charge in [0.2, 0.25) is 5.91 Å². The van der Waals surface area contributed by atoms with Crippen molar-refractivity contribution in [2.24, 2.45) is 5.92 Å². The first-order valence-electron chi connectivity index (χ1n) is 15.5. The summed E-state index contributed by atoms with van der Waals surface area (Å²) in [6, 6.07) is 12.2. The number of nitrogens with one attached hydrogen (secondary N) is 2. The molecule has 5 nitrogen and oxygen atoms in total. The maximum atomic E-state index is 12.6. The molecule has 1 unspecified atom stereocenters. The summed E-state index contributed by atoms with van der Waals surface area (Å²) in [4.78, 5) is 35.5. The minimum absolute atomic E-state index is 0.0972. The highest BCUT2D eigenvalue weighted by molar-refractivity contribution is 5.96. The van der Waals surface area contributed by atoms with Crippen LogP contribution in [-0.2, 0) is 27.2 Å². The van der Waals surface area contributed by atoms with Crippen LogP contribution < -0.4 is 10.6 Å². The maximum Gasteiger partial charge on any atom is 0.246 e. The lowest BCUT2D eigenvalue weighted by molar-refractivity contribution is -0.124.